The van der Waals surface area contributed by atoms with E-state index < -0.39 is 0 Å². The molecule has 0 heterocycles. The fraction of sp³-hybridized carbons (Fsp3) is 0.632. The Morgan fingerprint density at radius 2 is 1.86 bits per heavy atom. The summed E-state index contributed by atoms with van der Waals surface area (Å²) in [4.78, 5) is 12.6. The van der Waals surface area contributed by atoms with Crippen LogP contribution in [0.3, 0.4) is 0 Å². The third-order valence-corrected chi connectivity index (χ3v) is 4.50. The van der Waals surface area contributed by atoms with Crippen LogP contribution in [0.25, 0.3) is 0 Å². The van der Waals surface area contributed by atoms with Crippen molar-refractivity contribution < 1.29 is 4.79 Å². The number of rotatable bonds is 3. The van der Waals surface area contributed by atoms with E-state index in [1.165, 1.54) is 37.7 Å². The molecule has 1 N–H and O–H groups in total. The van der Waals surface area contributed by atoms with E-state index in [4.69, 9.17) is 0 Å². The molecule has 0 saturated heterocycles. The summed E-state index contributed by atoms with van der Waals surface area (Å²) in [5, 5.41) is 3.16. The van der Waals surface area contributed by atoms with Crippen LogP contribution in [0.1, 0.15) is 74.4 Å². The SMILES string of the molecule is Cc1ccc(C(=O)NCC2CCCCC2)c(C(C)(C)C)c1. The first-order valence-electron chi connectivity index (χ1n) is 8.27. The van der Waals surface area contributed by atoms with Gasteiger partial charge >= 0.3 is 0 Å². The van der Waals surface area contributed by atoms with Gasteiger partial charge in [0.2, 0.25) is 0 Å². The molecule has 0 spiro atoms. The van der Waals surface area contributed by atoms with Crippen molar-refractivity contribution in [3.05, 3.63) is 34.9 Å². The minimum atomic E-state index is -0.0104. The van der Waals surface area contributed by atoms with E-state index in [1.807, 2.05) is 12.1 Å². The Kier molecular flexibility index (Phi) is 5.08. The van der Waals surface area contributed by atoms with E-state index in [-0.39, 0.29) is 11.3 Å². The molecule has 0 aliphatic heterocycles. The van der Waals surface area contributed by atoms with Crippen molar-refractivity contribution in [2.24, 2.45) is 5.92 Å². The third kappa shape index (κ3) is 4.33. The highest BCUT2D eigenvalue weighted by molar-refractivity contribution is 5.96. The van der Waals surface area contributed by atoms with Crippen molar-refractivity contribution in [1.29, 1.82) is 0 Å². The van der Waals surface area contributed by atoms with Crippen LogP contribution >= 0.6 is 0 Å². The van der Waals surface area contributed by atoms with Gasteiger partial charge in [0.05, 0.1) is 0 Å². The first-order chi connectivity index (χ1) is 9.88. The van der Waals surface area contributed by atoms with E-state index in [1.54, 1.807) is 0 Å². The Bertz CT molecular complexity index is 493. The molecule has 2 heteroatoms. The molecule has 0 unspecified atom stereocenters. The number of hydrogen-bond donors (Lipinski definition) is 1. The maximum absolute atomic E-state index is 12.6. The minimum Gasteiger partial charge on any atom is -0.352 e. The normalized spacial score (nSPS) is 16.8. The fourth-order valence-corrected chi connectivity index (χ4v) is 3.20. The van der Waals surface area contributed by atoms with Crippen LogP contribution in [-0.2, 0) is 5.41 Å². The number of hydrogen-bond acceptors (Lipinski definition) is 1. The Morgan fingerprint density at radius 1 is 1.19 bits per heavy atom. The van der Waals surface area contributed by atoms with E-state index >= 15 is 0 Å². The average molecular weight is 287 g/mol. The van der Waals surface area contributed by atoms with Gasteiger partial charge in [-0.3, -0.25) is 4.79 Å². The summed E-state index contributed by atoms with van der Waals surface area (Å²) in [5.74, 6) is 0.761. The van der Waals surface area contributed by atoms with Crippen molar-refractivity contribution in [3.63, 3.8) is 0 Å². The molecule has 1 aliphatic carbocycles. The highest BCUT2D eigenvalue weighted by Crippen LogP contribution is 2.27. The fourth-order valence-electron chi connectivity index (χ4n) is 3.20. The van der Waals surface area contributed by atoms with Crippen LogP contribution < -0.4 is 5.32 Å². The molecule has 1 amide bonds. The standard InChI is InChI=1S/C19H29NO/c1-14-10-11-16(17(12-14)19(2,3)4)18(21)20-13-15-8-6-5-7-9-15/h10-12,15H,5-9,13H2,1-4H3,(H,20,21). The molecule has 1 aromatic rings. The second-order valence-electron chi connectivity index (χ2n) is 7.51. The Hall–Kier alpha value is -1.31. The second kappa shape index (κ2) is 6.64. The van der Waals surface area contributed by atoms with Crippen LogP contribution in [0.5, 0.6) is 0 Å². The van der Waals surface area contributed by atoms with Crippen molar-refractivity contribution in [3.8, 4) is 0 Å². The molecule has 1 saturated carbocycles. The first kappa shape index (κ1) is 16.1. The van der Waals surface area contributed by atoms with E-state index in [9.17, 15) is 4.79 Å². The van der Waals surface area contributed by atoms with E-state index in [0.717, 1.165) is 17.7 Å². The zero-order valence-corrected chi connectivity index (χ0v) is 14.0. The lowest BCUT2D eigenvalue weighted by Crippen LogP contribution is -2.32. The van der Waals surface area contributed by atoms with Crippen molar-refractivity contribution in [2.75, 3.05) is 6.54 Å². The molecule has 1 fully saturated rings. The number of aryl methyl sites for hydroxylation is 1. The van der Waals surface area contributed by atoms with Crippen LogP contribution in [0, 0.1) is 12.8 Å². The molecule has 1 aromatic carbocycles. The van der Waals surface area contributed by atoms with E-state index in [2.05, 4.69) is 39.1 Å². The Balaban J connectivity index is 2.08. The quantitative estimate of drug-likeness (QED) is 0.864. The topological polar surface area (TPSA) is 29.1 Å². The van der Waals surface area contributed by atoms with Crippen LogP contribution in [0.15, 0.2) is 18.2 Å². The molecule has 0 bridgehead atoms. The van der Waals surface area contributed by atoms with Crippen molar-refractivity contribution >= 4 is 5.91 Å². The zero-order valence-electron chi connectivity index (χ0n) is 14.0. The van der Waals surface area contributed by atoms with Gasteiger partial charge in [0, 0.05) is 12.1 Å². The lowest BCUT2D eigenvalue weighted by Gasteiger charge is -2.25. The zero-order chi connectivity index (χ0) is 15.5. The van der Waals surface area contributed by atoms with Crippen molar-refractivity contribution in [2.45, 2.75) is 65.2 Å². The summed E-state index contributed by atoms with van der Waals surface area (Å²) in [6.07, 6.45) is 6.52. The van der Waals surface area contributed by atoms with Gasteiger partial charge in [-0.25, -0.2) is 0 Å². The molecular formula is C19H29NO. The first-order valence-corrected chi connectivity index (χ1v) is 8.27. The Morgan fingerprint density at radius 3 is 2.48 bits per heavy atom. The molecule has 0 radical (unpaired) electrons. The number of carbonyl (C=O) groups excluding carboxylic acids is 1. The van der Waals surface area contributed by atoms with Gasteiger partial charge in [0.1, 0.15) is 0 Å². The number of benzene rings is 1. The average Bonchev–Trinajstić information content (AvgIpc) is 2.45. The highest BCUT2D eigenvalue weighted by Gasteiger charge is 2.22. The number of amides is 1. The lowest BCUT2D eigenvalue weighted by molar-refractivity contribution is 0.0941. The second-order valence-corrected chi connectivity index (χ2v) is 7.51. The number of carbonyl (C=O) groups is 1. The predicted octanol–water partition coefficient (Wildman–Crippen LogP) is 4.60. The predicted molar refractivity (Wildman–Crippen MR) is 88.8 cm³/mol. The van der Waals surface area contributed by atoms with Gasteiger partial charge in [-0.2, -0.15) is 0 Å². The van der Waals surface area contributed by atoms with Gasteiger partial charge in [0.15, 0.2) is 0 Å². The molecule has 2 nitrogen and oxygen atoms in total. The minimum absolute atomic E-state index is 0.0104. The van der Waals surface area contributed by atoms with Crippen molar-refractivity contribution in [1.82, 2.24) is 5.32 Å². The molecule has 21 heavy (non-hydrogen) atoms. The lowest BCUT2D eigenvalue weighted by atomic mass is 9.82. The summed E-state index contributed by atoms with van der Waals surface area (Å²) in [6.45, 7) is 9.41. The smallest absolute Gasteiger partial charge is 0.251 e. The van der Waals surface area contributed by atoms with Crippen LogP contribution in [0.2, 0.25) is 0 Å². The number of nitrogens with one attached hydrogen (secondary N) is 1. The van der Waals surface area contributed by atoms with Crippen LogP contribution in [0.4, 0.5) is 0 Å². The summed E-state index contributed by atoms with van der Waals surface area (Å²) in [6, 6.07) is 6.16. The molecule has 0 atom stereocenters. The summed E-state index contributed by atoms with van der Waals surface area (Å²) < 4.78 is 0. The third-order valence-electron chi connectivity index (χ3n) is 4.50. The molecule has 0 aromatic heterocycles. The van der Waals surface area contributed by atoms with Gasteiger partial charge in [-0.1, -0.05) is 57.7 Å². The maximum Gasteiger partial charge on any atom is 0.251 e. The summed E-state index contributed by atoms with van der Waals surface area (Å²) >= 11 is 0. The Labute approximate surface area is 129 Å². The molecule has 2 rings (SSSR count). The largest absolute Gasteiger partial charge is 0.352 e. The summed E-state index contributed by atoms with van der Waals surface area (Å²) in [7, 11) is 0. The van der Waals surface area contributed by atoms with Gasteiger partial charge in [0.25, 0.3) is 5.91 Å². The highest BCUT2D eigenvalue weighted by atomic mass is 16.1. The van der Waals surface area contributed by atoms with Gasteiger partial charge in [-0.05, 0) is 42.7 Å². The monoisotopic (exact) mass is 287 g/mol. The van der Waals surface area contributed by atoms with Gasteiger partial charge in [-0.15, -0.1) is 0 Å². The maximum atomic E-state index is 12.6. The van der Waals surface area contributed by atoms with Gasteiger partial charge < -0.3 is 5.32 Å². The summed E-state index contributed by atoms with van der Waals surface area (Å²) in [5.41, 5.74) is 3.18. The molecule has 116 valence electrons. The molecular weight excluding hydrogens is 258 g/mol. The van der Waals surface area contributed by atoms with E-state index in [0.29, 0.717) is 5.92 Å². The van der Waals surface area contributed by atoms with Crippen LogP contribution in [-0.4, -0.2) is 12.5 Å². The molecule has 1 aliphatic rings.